The molecule has 1 saturated heterocycles. The van der Waals surface area contributed by atoms with Gasteiger partial charge in [-0.25, -0.2) is 0 Å². The second-order valence-corrected chi connectivity index (χ2v) is 6.19. The Morgan fingerprint density at radius 2 is 1.88 bits per heavy atom. The summed E-state index contributed by atoms with van der Waals surface area (Å²) >= 11 is 0. The summed E-state index contributed by atoms with van der Waals surface area (Å²) < 4.78 is 0. The fourth-order valence-corrected chi connectivity index (χ4v) is 2.90. The predicted molar refractivity (Wildman–Crippen MR) is 94.7 cm³/mol. The first-order valence-electron chi connectivity index (χ1n) is 8.12. The number of nitro benzene ring substituents is 1. The number of para-hydroxylation sites is 2. The Bertz CT molecular complexity index is 586. The molecule has 1 aromatic carbocycles. The molecule has 1 saturated carbocycles. The zero-order chi connectivity index (χ0) is 16.2. The molecule has 8 heteroatoms. The van der Waals surface area contributed by atoms with Crippen LogP contribution in [0.5, 0.6) is 0 Å². The highest BCUT2D eigenvalue weighted by atomic mass is 35.5. The maximum atomic E-state index is 12.2. The van der Waals surface area contributed by atoms with Gasteiger partial charge in [-0.15, -0.1) is 12.4 Å². The summed E-state index contributed by atoms with van der Waals surface area (Å²) in [6, 6.07) is 6.77. The first-order valence-corrected chi connectivity index (χ1v) is 8.12. The highest BCUT2D eigenvalue weighted by molar-refractivity contribution is 5.85. The lowest BCUT2D eigenvalue weighted by molar-refractivity contribution is -0.384. The summed E-state index contributed by atoms with van der Waals surface area (Å²) in [6.07, 6.45) is 2.55. The van der Waals surface area contributed by atoms with Gasteiger partial charge >= 0.3 is 0 Å². The van der Waals surface area contributed by atoms with E-state index in [0.29, 0.717) is 38.4 Å². The van der Waals surface area contributed by atoms with E-state index in [1.54, 1.807) is 12.1 Å². The van der Waals surface area contributed by atoms with E-state index in [0.717, 1.165) is 12.5 Å². The minimum Gasteiger partial charge on any atom is -0.362 e. The largest absolute Gasteiger partial charge is 0.362 e. The number of rotatable bonds is 6. The number of halogens is 1. The minimum atomic E-state index is -0.353. The van der Waals surface area contributed by atoms with E-state index >= 15 is 0 Å². The molecule has 0 aromatic heterocycles. The number of carbonyl (C=O) groups excluding carboxylic acids is 1. The van der Waals surface area contributed by atoms with Gasteiger partial charge in [0.2, 0.25) is 5.91 Å². The maximum absolute atomic E-state index is 12.2. The Kier molecular flexibility index (Phi) is 6.39. The molecule has 0 bridgehead atoms. The van der Waals surface area contributed by atoms with Gasteiger partial charge in [0.05, 0.1) is 11.5 Å². The van der Waals surface area contributed by atoms with E-state index in [1.165, 1.54) is 18.9 Å². The molecule has 1 N–H and O–H groups in total. The summed E-state index contributed by atoms with van der Waals surface area (Å²) in [5.74, 6) is 0.881. The van der Waals surface area contributed by atoms with Gasteiger partial charge in [-0.05, 0) is 31.4 Å². The number of benzene rings is 1. The number of hydrogen-bond acceptors (Lipinski definition) is 5. The van der Waals surface area contributed by atoms with E-state index in [-0.39, 0.29) is 28.9 Å². The fraction of sp³-hybridized carbons (Fsp3) is 0.562. The van der Waals surface area contributed by atoms with Gasteiger partial charge < -0.3 is 15.1 Å². The second-order valence-electron chi connectivity index (χ2n) is 6.19. The summed E-state index contributed by atoms with van der Waals surface area (Å²) in [4.78, 5) is 26.7. The Morgan fingerprint density at radius 1 is 1.21 bits per heavy atom. The molecule has 2 fully saturated rings. The molecule has 1 heterocycles. The molecule has 1 aromatic rings. The first-order chi connectivity index (χ1) is 11.1. The van der Waals surface area contributed by atoms with Crippen LogP contribution in [0, 0.1) is 16.0 Å². The molecule has 0 unspecified atom stereocenters. The third-order valence-corrected chi connectivity index (χ3v) is 4.46. The molecular formula is C16H23ClN4O3. The van der Waals surface area contributed by atoms with Crippen molar-refractivity contribution in [3.8, 4) is 0 Å². The maximum Gasteiger partial charge on any atom is 0.292 e. The SMILES string of the molecule is Cl.O=C(CNCC1CC1)N1CCN(c2ccccc2[N+](=O)[O-])CC1. The molecule has 24 heavy (non-hydrogen) atoms. The van der Waals surface area contributed by atoms with Crippen LogP contribution in [0.25, 0.3) is 0 Å². The molecule has 0 spiro atoms. The third-order valence-electron chi connectivity index (χ3n) is 4.46. The number of amides is 1. The van der Waals surface area contributed by atoms with Gasteiger partial charge in [0.1, 0.15) is 5.69 Å². The summed E-state index contributed by atoms with van der Waals surface area (Å²) in [7, 11) is 0. The first kappa shape index (κ1) is 18.5. The topological polar surface area (TPSA) is 78.7 Å². The number of nitrogens with zero attached hydrogens (tertiary/aromatic N) is 3. The molecule has 1 aliphatic heterocycles. The molecule has 3 rings (SSSR count). The van der Waals surface area contributed by atoms with Crippen molar-refractivity contribution in [1.29, 1.82) is 0 Å². The molecule has 1 aliphatic carbocycles. The standard InChI is InChI=1S/C16H22N4O3.ClH/c21-16(12-17-11-13-5-6-13)19-9-7-18(8-10-19)14-3-1-2-4-15(14)20(22)23;/h1-4,13,17H,5-12H2;1H. The molecule has 1 amide bonds. The van der Waals surface area contributed by atoms with Crippen molar-refractivity contribution in [2.75, 3.05) is 44.2 Å². The number of carbonyl (C=O) groups is 1. The van der Waals surface area contributed by atoms with Crippen LogP contribution in [0.1, 0.15) is 12.8 Å². The fourth-order valence-electron chi connectivity index (χ4n) is 2.90. The molecule has 7 nitrogen and oxygen atoms in total. The van der Waals surface area contributed by atoms with E-state index in [9.17, 15) is 14.9 Å². The van der Waals surface area contributed by atoms with Gasteiger partial charge in [0.15, 0.2) is 0 Å². The lowest BCUT2D eigenvalue weighted by atomic mass is 10.2. The van der Waals surface area contributed by atoms with Crippen molar-refractivity contribution < 1.29 is 9.72 Å². The van der Waals surface area contributed by atoms with E-state index < -0.39 is 0 Å². The Labute approximate surface area is 147 Å². The number of anilines is 1. The van der Waals surface area contributed by atoms with Crippen molar-refractivity contribution in [2.24, 2.45) is 5.92 Å². The molecular weight excluding hydrogens is 332 g/mol. The van der Waals surface area contributed by atoms with Crippen LogP contribution in [0.3, 0.4) is 0 Å². The van der Waals surface area contributed by atoms with Gasteiger partial charge in [0, 0.05) is 32.2 Å². The second kappa shape index (κ2) is 8.30. The number of nitro groups is 1. The predicted octanol–water partition coefficient (Wildman–Crippen LogP) is 1.66. The summed E-state index contributed by atoms with van der Waals surface area (Å²) in [5, 5.41) is 14.3. The van der Waals surface area contributed by atoms with Crippen LogP contribution in [0.2, 0.25) is 0 Å². The van der Waals surface area contributed by atoms with E-state index in [2.05, 4.69) is 5.32 Å². The van der Waals surface area contributed by atoms with Crippen LogP contribution in [0.4, 0.5) is 11.4 Å². The summed E-state index contributed by atoms with van der Waals surface area (Å²) in [5.41, 5.74) is 0.759. The normalized spacial score (nSPS) is 17.3. The zero-order valence-electron chi connectivity index (χ0n) is 13.5. The molecule has 2 aliphatic rings. The quantitative estimate of drug-likeness (QED) is 0.621. The molecule has 0 atom stereocenters. The lowest BCUT2D eigenvalue weighted by Gasteiger charge is -2.35. The highest BCUT2D eigenvalue weighted by Gasteiger charge is 2.26. The Hall–Kier alpha value is -1.86. The van der Waals surface area contributed by atoms with Crippen molar-refractivity contribution in [3.05, 3.63) is 34.4 Å². The molecule has 0 radical (unpaired) electrons. The zero-order valence-corrected chi connectivity index (χ0v) is 14.3. The van der Waals surface area contributed by atoms with Crippen LogP contribution >= 0.6 is 12.4 Å². The lowest BCUT2D eigenvalue weighted by Crippen LogP contribution is -2.51. The monoisotopic (exact) mass is 354 g/mol. The van der Waals surface area contributed by atoms with Crippen LogP contribution in [-0.4, -0.2) is 55.0 Å². The van der Waals surface area contributed by atoms with Crippen molar-refractivity contribution in [2.45, 2.75) is 12.8 Å². The Morgan fingerprint density at radius 3 is 2.50 bits per heavy atom. The number of piperazine rings is 1. The number of hydrogen-bond donors (Lipinski definition) is 1. The summed E-state index contributed by atoms with van der Waals surface area (Å²) in [6.45, 7) is 3.79. The average molecular weight is 355 g/mol. The van der Waals surface area contributed by atoms with Crippen molar-refractivity contribution >= 4 is 29.7 Å². The van der Waals surface area contributed by atoms with Crippen molar-refractivity contribution in [3.63, 3.8) is 0 Å². The highest BCUT2D eigenvalue weighted by Crippen LogP contribution is 2.28. The van der Waals surface area contributed by atoms with Crippen LogP contribution < -0.4 is 10.2 Å². The number of nitrogens with one attached hydrogen (secondary N) is 1. The van der Waals surface area contributed by atoms with Gasteiger partial charge in [0.25, 0.3) is 5.69 Å². The Balaban J connectivity index is 0.00000208. The van der Waals surface area contributed by atoms with Crippen molar-refractivity contribution in [1.82, 2.24) is 10.2 Å². The van der Waals surface area contributed by atoms with E-state index in [1.807, 2.05) is 15.9 Å². The van der Waals surface area contributed by atoms with E-state index in [4.69, 9.17) is 0 Å². The van der Waals surface area contributed by atoms with Crippen LogP contribution in [0.15, 0.2) is 24.3 Å². The van der Waals surface area contributed by atoms with Gasteiger partial charge in [-0.2, -0.15) is 0 Å². The smallest absolute Gasteiger partial charge is 0.292 e. The van der Waals surface area contributed by atoms with Gasteiger partial charge in [-0.1, -0.05) is 12.1 Å². The average Bonchev–Trinajstić information content (AvgIpc) is 3.39. The molecule has 132 valence electrons. The van der Waals surface area contributed by atoms with Gasteiger partial charge in [-0.3, -0.25) is 14.9 Å². The van der Waals surface area contributed by atoms with Crippen LogP contribution in [-0.2, 0) is 4.79 Å². The third kappa shape index (κ3) is 4.58. The minimum absolute atomic E-state index is 0.